The number of rotatable bonds is 3. The van der Waals surface area contributed by atoms with E-state index in [4.69, 9.17) is 0 Å². The van der Waals surface area contributed by atoms with E-state index in [1.54, 1.807) is 6.92 Å². The summed E-state index contributed by atoms with van der Waals surface area (Å²) in [6.07, 6.45) is 2.84. The van der Waals surface area contributed by atoms with Gasteiger partial charge in [0.15, 0.2) is 9.84 Å². The molecule has 0 heterocycles. The van der Waals surface area contributed by atoms with Crippen molar-refractivity contribution in [3.63, 3.8) is 0 Å². The van der Waals surface area contributed by atoms with Gasteiger partial charge in [-0.15, -0.1) is 0 Å². The lowest BCUT2D eigenvalue weighted by Crippen LogP contribution is -2.34. The van der Waals surface area contributed by atoms with Crippen molar-refractivity contribution in [2.75, 3.05) is 0 Å². The number of Topliss-reactive ketones (excluding diaryl/α,β-unsaturated/α-hetero) is 1. The molecule has 4 heteroatoms. The largest absolute Gasteiger partial charge is 0.300 e. The highest BCUT2D eigenvalue weighted by Crippen LogP contribution is 2.25. The molecule has 0 aromatic heterocycles. The predicted octanol–water partition coefficient (Wildman–Crippen LogP) is 1.71. The molecule has 0 aliphatic heterocycles. The number of hydrogen-bond donors (Lipinski definition) is 0. The number of ketones is 1. The quantitative estimate of drug-likeness (QED) is 0.724. The number of hydrogen-bond acceptors (Lipinski definition) is 3. The van der Waals surface area contributed by atoms with E-state index in [-0.39, 0.29) is 17.5 Å². The van der Waals surface area contributed by atoms with Crippen LogP contribution in [0.2, 0.25) is 0 Å². The first-order valence-electron chi connectivity index (χ1n) is 5.23. The molecule has 82 valence electrons. The summed E-state index contributed by atoms with van der Waals surface area (Å²) < 4.78 is 23.8. The molecule has 0 spiro atoms. The molecular weight excluding hydrogens is 200 g/mol. The highest BCUT2D eigenvalue weighted by atomic mass is 32.2. The summed E-state index contributed by atoms with van der Waals surface area (Å²) in [5.41, 5.74) is 0. The van der Waals surface area contributed by atoms with Gasteiger partial charge >= 0.3 is 0 Å². The molecule has 1 rings (SSSR count). The Hall–Kier alpha value is -0.380. The fourth-order valence-electron chi connectivity index (χ4n) is 1.83. The van der Waals surface area contributed by atoms with Crippen LogP contribution in [-0.4, -0.2) is 24.7 Å². The van der Waals surface area contributed by atoms with E-state index in [2.05, 4.69) is 0 Å². The molecule has 0 N–H and O–H groups in total. The van der Waals surface area contributed by atoms with Gasteiger partial charge in [-0.05, 0) is 26.2 Å². The zero-order valence-electron chi connectivity index (χ0n) is 8.82. The Bertz CT molecular complexity index is 305. The van der Waals surface area contributed by atoms with Crippen molar-refractivity contribution < 1.29 is 13.2 Å². The van der Waals surface area contributed by atoms with E-state index in [0.29, 0.717) is 19.3 Å². The van der Waals surface area contributed by atoms with E-state index in [9.17, 15) is 13.2 Å². The highest BCUT2D eigenvalue weighted by Gasteiger charge is 2.33. The van der Waals surface area contributed by atoms with Crippen molar-refractivity contribution in [2.24, 2.45) is 0 Å². The molecular formula is C10H18O3S. The number of carbonyl (C=O) groups is 1. The van der Waals surface area contributed by atoms with E-state index >= 15 is 0 Å². The molecule has 2 unspecified atom stereocenters. The molecule has 1 fully saturated rings. The SMILES string of the molecule is CCC(C)S(=O)(=O)C1CCCC(=O)C1. The van der Waals surface area contributed by atoms with E-state index in [0.717, 1.165) is 6.42 Å². The maximum atomic E-state index is 11.9. The molecule has 14 heavy (non-hydrogen) atoms. The molecule has 0 aromatic rings. The monoisotopic (exact) mass is 218 g/mol. The van der Waals surface area contributed by atoms with Gasteiger partial charge in [0.2, 0.25) is 0 Å². The summed E-state index contributed by atoms with van der Waals surface area (Å²) in [4.78, 5) is 11.2. The van der Waals surface area contributed by atoms with Crippen LogP contribution in [0.4, 0.5) is 0 Å². The lowest BCUT2D eigenvalue weighted by molar-refractivity contribution is -0.120. The maximum Gasteiger partial charge on any atom is 0.156 e. The van der Waals surface area contributed by atoms with Gasteiger partial charge in [0.05, 0.1) is 10.5 Å². The fraction of sp³-hybridized carbons (Fsp3) is 0.900. The van der Waals surface area contributed by atoms with Crippen LogP contribution in [0.25, 0.3) is 0 Å². The van der Waals surface area contributed by atoms with Gasteiger partial charge in [0.25, 0.3) is 0 Å². The van der Waals surface area contributed by atoms with Crippen LogP contribution in [-0.2, 0) is 14.6 Å². The minimum absolute atomic E-state index is 0.105. The van der Waals surface area contributed by atoms with Crippen molar-refractivity contribution in [3.05, 3.63) is 0 Å². The van der Waals surface area contributed by atoms with Crippen LogP contribution in [0, 0.1) is 0 Å². The summed E-state index contributed by atoms with van der Waals surface area (Å²) in [7, 11) is -3.07. The summed E-state index contributed by atoms with van der Waals surface area (Å²) in [5.74, 6) is 0.105. The van der Waals surface area contributed by atoms with Gasteiger partial charge in [0.1, 0.15) is 5.78 Å². The summed E-state index contributed by atoms with van der Waals surface area (Å²) in [6, 6.07) is 0. The standard InChI is InChI=1S/C10H18O3S/c1-3-8(2)14(12,13)10-6-4-5-9(11)7-10/h8,10H,3-7H2,1-2H3. The predicted molar refractivity (Wildman–Crippen MR) is 55.9 cm³/mol. The Balaban J connectivity index is 2.77. The van der Waals surface area contributed by atoms with Crippen LogP contribution >= 0.6 is 0 Å². The molecule has 1 aliphatic carbocycles. The first kappa shape index (κ1) is 11.7. The van der Waals surface area contributed by atoms with Crippen LogP contribution in [0.3, 0.4) is 0 Å². The second-order valence-corrected chi connectivity index (χ2v) is 6.71. The molecule has 2 atom stereocenters. The molecule has 0 radical (unpaired) electrons. The van der Waals surface area contributed by atoms with E-state index in [1.165, 1.54) is 0 Å². The minimum Gasteiger partial charge on any atom is -0.300 e. The molecule has 1 saturated carbocycles. The first-order chi connectivity index (χ1) is 6.48. The van der Waals surface area contributed by atoms with Gasteiger partial charge in [0, 0.05) is 12.8 Å². The Kier molecular flexibility index (Phi) is 3.70. The van der Waals surface area contributed by atoms with Crippen molar-refractivity contribution >= 4 is 15.6 Å². The molecule has 0 bridgehead atoms. The lowest BCUT2D eigenvalue weighted by Gasteiger charge is -2.23. The Morgan fingerprint density at radius 2 is 2.14 bits per heavy atom. The van der Waals surface area contributed by atoms with E-state index < -0.39 is 15.1 Å². The second-order valence-electron chi connectivity index (χ2n) is 4.06. The summed E-state index contributed by atoms with van der Waals surface area (Å²) in [6.45, 7) is 3.60. The Labute approximate surface area is 85.8 Å². The average molecular weight is 218 g/mol. The molecule has 3 nitrogen and oxygen atoms in total. The topological polar surface area (TPSA) is 51.2 Å². The average Bonchev–Trinajstić information content (AvgIpc) is 2.16. The zero-order valence-corrected chi connectivity index (χ0v) is 9.64. The third kappa shape index (κ3) is 2.35. The molecule has 0 aromatic carbocycles. The van der Waals surface area contributed by atoms with Crippen LogP contribution in [0.15, 0.2) is 0 Å². The first-order valence-corrected chi connectivity index (χ1v) is 6.83. The van der Waals surface area contributed by atoms with Crippen molar-refractivity contribution in [1.82, 2.24) is 0 Å². The lowest BCUT2D eigenvalue weighted by atomic mass is 9.99. The van der Waals surface area contributed by atoms with Gasteiger partial charge in [-0.3, -0.25) is 4.79 Å². The van der Waals surface area contributed by atoms with Crippen LogP contribution < -0.4 is 0 Å². The smallest absolute Gasteiger partial charge is 0.156 e. The van der Waals surface area contributed by atoms with Gasteiger partial charge in [-0.25, -0.2) is 8.42 Å². The van der Waals surface area contributed by atoms with Gasteiger partial charge in [-0.2, -0.15) is 0 Å². The van der Waals surface area contributed by atoms with Gasteiger partial charge < -0.3 is 0 Å². The highest BCUT2D eigenvalue weighted by molar-refractivity contribution is 7.92. The van der Waals surface area contributed by atoms with Crippen LogP contribution in [0.1, 0.15) is 46.0 Å². The van der Waals surface area contributed by atoms with Crippen molar-refractivity contribution in [1.29, 1.82) is 0 Å². The Morgan fingerprint density at radius 1 is 1.50 bits per heavy atom. The fourth-order valence-corrected chi connectivity index (χ4v) is 3.86. The number of carbonyl (C=O) groups excluding carboxylic acids is 1. The minimum atomic E-state index is -3.07. The third-order valence-corrected chi connectivity index (χ3v) is 5.82. The summed E-state index contributed by atoms with van der Waals surface area (Å²) >= 11 is 0. The zero-order chi connectivity index (χ0) is 10.8. The molecule has 1 aliphatic rings. The van der Waals surface area contributed by atoms with Crippen LogP contribution in [0.5, 0.6) is 0 Å². The second kappa shape index (κ2) is 4.43. The van der Waals surface area contributed by atoms with Crippen molar-refractivity contribution in [2.45, 2.75) is 56.5 Å². The van der Waals surface area contributed by atoms with Crippen molar-refractivity contribution in [3.8, 4) is 0 Å². The molecule has 0 saturated heterocycles. The van der Waals surface area contributed by atoms with Gasteiger partial charge in [-0.1, -0.05) is 6.92 Å². The summed E-state index contributed by atoms with van der Waals surface area (Å²) in [5, 5.41) is -0.711. The normalized spacial score (nSPS) is 26.1. The maximum absolute atomic E-state index is 11.9. The Morgan fingerprint density at radius 3 is 2.64 bits per heavy atom. The number of sulfone groups is 1. The third-order valence-electron chi connectivity index (χ3n) is 3.04. The van der Waals surface area contributed by atoms with E-state index in [1.807, 2.05) is 6.92 Å². The molecule has 0 amide bonds.